The molecule has 19 heavy (non-hydrogen) atoms. The predicted molar refractivity (Wildman–Crippen MR) is 74.7 cm³/mol. The summed E-state index contributed by atoms with van der Waals surface area (Å²) in [6.45, 7) is 6.00. The summed E-state index contributed by atoms with van der Waals surface area (Å²) in [4.78, 5) is 13.9. The number of rotatable bonds is 5. The Hall–Kier alpha value is -1.39. The molecule has 0 spiro atoms. The van der Waals surface area contributed by atoms with E-state index in [9.17, 15) is 4.79 Å². The Balaban J connectivity index is 2.96. The molecule has 0 bridgehead atoms. The van der Waals surface area contributed by atoms with E-state index in [4.69, 9.17) is 9.84 Å². The molecule has 0 saturated heterocycles. The van der Waals surface area contributed by atoms with E-state index in [1.54, 1.807) is 7.05 Å². The molecule has 0 aliphatic rings. The lowest BCUT2D eigenvalue weighted by molar-refractivity contribution is -0.153. The van der Waals surface area contributed by atoms with Crippen LogP contribution in [0.5, 0.6) is 0 Å². The molecule has 0 aliphatic carbocycles. The largest absolute Gasteiger partial charge is 0.395 e. The second-order valence-corrected chi connectivity index (χ2v) is 5.50. The first-order valence-corrected chi connectivity index (χ1v) is 6.44. The van der Waals surface area contributed by atoms with Crippen molar-refractivity contribution in [2.45, 2.75) is 32.5 Å². The van der Waals surface area contributed by atoms with Crippen LogP contribution in [0.15, 0.2) is 30.3 Å². The predicted octanol–water partition coefficient (Wildman–Crippen LogP) is 1.99. The number of likely N-dealkylation sites (N-methyl/N-ethyl adjacent to an activating group) is 1. The molecular formula is C15H23NO3. The second-order valence-electron chi connectivity index (χ2n) is 5.50. The molecule has 0 saturated carbocycles. The minimum atomic E-state index is -0.641. The van der Waals surface area contributed by atoms with E-state index < -0.39 is 11.7 Å². The molecule has 1 N–H and O–H groups in total. The number of benzene rings is 1. The van der Waals surface area contributed by atoms with Crippen LogP contribution in [-0.4, -0.2) is 41.7 Å². The fourth-order valence-electron chi connectivity index (χ4n) is 1.70. The van der Waals surface area contributed by atoms with Crippen molar-refractivity contribution in [3.05, 3.63) is 35.9 Å². The number of carbonyl (C=O) groups is 1. The van der Waals surface area contributed by atoms with Crippen LogP contribution in [0.2, 0.25) is 0 Å². The Bertz CT molecular complexity index is 398. The number of aliphatic hydroxyl groups is 1. The minimum Gasteiger partial charge on any atom is -0.395 e. The van der Waals surface area contributed by atoms with Crippen molar-refractivity contribution < 1.29 is 14.6 Å². The molecule has 4 heteroatoms. The molecule has 1 amide bonds. The van der Waals surface area contributed by atoms with Gasteiger partial charge in [0, 0.05) is 13.6 Å². The van der Waals surface area contributed by atoms with E-state index in [-0.39, 0.29) is 12.5 Å². The van der Waals surface area contributed by atoms with Gasteiger partial charge in [0.1, 0.15) is 0 Å². The Kier molecular flexibility index (Phi) is 5.51. The normalized spacial score (nSPS) is 13.1. The van der Waals surface area contributed by atoms with E-state index in [2.05, 4.69) is 0 Å². The van der Waals surface area contributed by atoms with Gasteiger partial charge in [-0.15, -0.1) is 0 Å². The highest BCUT2D eigenvalue weighted by Crippen LogP contribution is 2.25. The average Bonchev–Trinajstić information content (AvgIpc) is 2.35. The zero-order chi connectivity index (χ0) is 14.5. The van der Waals surface area contributed by atoms with Crippen LogP contribution >= 0.6 is 0 Å². The summed E-state index contributed by atoms with van der Waals surface area (Å²) < 4.78 is 5.88. The number of ether oxygens (including phenoxy) is 1. The summed E-state index contributed by atoms with van der Waals surface area (Å²) >= 11 is 0. The Morgan fingerprint density at radius 1 is 1.32 bits per heavy atom. The van der Waals surface area contributed by atoms with Crippen molar-refractivity contribution in [3.8, 4) is 0 Å². The first kappa shape index (κ1) is 15.7. The van der Waals surface area contributed by atoms with Crippen molar-refractivity contribution in [2.24, 2.45) is 0 Å². The Morgan fingerprint density at radius 2 is 1.89 bits per heavy atom. The highest BCUT2D eigenvalue weighted by Gasteiger charge is 2.28. The van der Waals surface area contributed by atoms with Crippen LogP contribution < -0.4 is 0 Å². The van der Waals surface area contributed by atoms with Crippen LogP contribution in [0, 0.1) is 0 Å². The van der Waals surface area contributed by atoms with Gasteiger partial charge in [0.15, 0.2) is 6.10 Å². The van der Waals surface area contributed by atoms with Crippen LogP contribution in [0.1, 0.15) is 32.4 Å². The third-order valence-corrected chi connectivity index (χ3v) is 2.61. The molecule has 0 fully saturated rings. The number of amides is 1. The van der Waals surface area contributed by atoms with Gasteiger partial charge in [0.25, 0.3) is 5.91 Å². The van der Waals surface area contributed by atoms with Crippen molar-refractivity contribution in [1.29, 1.82) is 0 Å². The number of carbonyl (C=O) groups excluding carboxylic acids is 1. The summed E-state index contributed by atoms with van der Waals surface area (Å²) in [7, 11) is 1.67. The average molecular weight is 265 g/mol. The van der Waals surface area contributed by atoms with Crippen LogP contribution in [0.3, 0.4) is 0 Å². The first-order chi connectivity index (χ1) is 8.85. The van der Waals surface area contributed by atoms with E-state index in [0.717, 1.165) is 5.56 Å². The highest BCUT2D eigenvalue weighted by atomic mass is 16.5. The molecule has 1 atom stereocenters. The SMILES string of the molecule is CN(CCO)C(=O)C(OC(C)(C)C)c1ccccc1. The van der Waals surface area contributed by atoms with Crippen molar-refractivity contribution in [2.75, 3.05) is 20.2 Å². The topological polar surface area (TPSA) is 49.8 Å². The molecule has 4 nitrogen and oxygen atoms in total. The maximum absolute atomic E-state index is 12.4. The van der Waals surface area contributed by atoms with Gasteiger partial charge in [-0.2, -0.15) is 0 Å². The molecule has 1 aromatic carbocycles. The number of hydrogen-bond donors (Lipinski definition) is 1. The maximum Gasteiger partial charge on any atom is 0.256 e. The molecule has 106 valence electrons. The zero-order valence-electron chi connectivity index (χ0n) is 12.1. The summed E-state index contributed by atoms with van der Waals surface area (Å²) in [5, 5.41) is 8.94. The molecule has 1 unspecified atom stereocenters. The third-order valence-electron chi connectivity index (χ3n) is 2.61. The fourth-order valence-corrected chi connectivity index (χ4v) is 1.70. The van der Waals surface area contributed by atoms with Crippen LogP contribution in [0.4, 0.5) is 0 Å². The molecule has 0 aromatic heterocycles. The van der Waals surface area contributed by atoms with Gasteiger partial charge in [-0.25, -0.2) is 0 Å². The fraction of sp³-hybridized carbons (Fsp3) is 0.533. The van der Waals surface area contributed by atoms with Gasteiger partial charge in [0.05, 0.1) is 12.2 Å². The lowest BCUT2D eigenvalue weighted by Crippen LogP contribution is -2.37. The summed E-state index contributed by atoms with van der Waals surface area (Å²) in [6, 6.07) is 9.42. The number of nitrogens with zero attached hydrogens (tertiary/aromatic N) is 1. The third kappa shape index (κ3) is 5.01. The molecule has 1 aromatic rings. The second kappa shape index (κ2) is 6.68. The molecular weight excluding hydrogens is 242 g/mol. The summed E-state index contributed by atoms with van der Waals surface area (Å²) in [5.41, 5.74) is 0.406. The van der Waals surface area contributed by atoms with Gasteiger partial charge in [-0.05, 0) is 26.3 Å². The van der Waals surface area contributed by atoms with E-state index in [0.29, 0.717) is 6.54 Å². The van der Waals surface area contributed by atoms with E-state index in [1.807, 2.05) is 51.1 Å². The van der Waals surface area contributed by atoms with Crippen molar-refractivity contribution in [1.82, 2.24) is 4.90 Å². The Morgan fingerprint density at radius 3 is 2.37 bits per heavy atom. The Labute approximate surface area is 115 Å². The van der Waals surface area contributed by atoms with E-state index in [1.165, 1.54) is 4.90 Å². The van der Waals surface area contributed by atoms with Crippen LogP contribution in [0.25, 0.3) is 0 Å². The summed E-state index contributed by atoms with van der Waals surface area (Å²) in [6.07, 6.45) is -0.641. The van der Waals surface area contributed by atoms with Crippen molar-refractivity contribution in [3.63, 3.8) is 0 Å². The summed E-state index contributed by atoms with van der Waals surface area (Å²) in [5.74, 6) is -0.143. The monoisotopic (exact) mass is 265 g/mol. The van der Waals surface area contributed by atoms with Crippen molar-refractivity contribution >= 4 is 5.91 Å². The van der Waals surface area contributed by atoms with Gasteiger partial charge >= 0.3 is 0 Å². The van der Waals surface area contributed by atoms with Gasteiger partial charge in [-0.1, -0.05) is 30.3 Å². The molecule has 0 radical (unpaired) electrons. The minimum absolute atomic E-state index is 0.0563. The van der Waals surface area contributed by atoms with Gasteiger partial charge in [0.2, 0.25) is 0 Å². The smallest absolute Gasteiger partial charge is 0.256 e. The first-order valence-electron chi connectivity index (χ1n) is 6.44. The van der Waals surface area contributed by atoms with Gasteiger partial charge in [-0.3, -0.25) is 4.79 Å². The highest BCUT2D eigenvalue weighted by molar-refractivity contribution is 5.82. The number of aliphatic hydroxyl groups excluding tert-OH is 1. The molecule has 1 rings (SSSR count). The van der Waals surface area contributed by atoms with Crippen LogP contribution in [-0.2, 0) is 9.53 Å². The molecule has 0 heterocycles. The lowest BCUT2D eigenvalue weighted by Gasteiger charge is -2.30. The zero-order valence-corrected chi connectivity index (χ0v) is 12.1. The molecule has 0 aliphatic heterocycles. The maximum atomic E-state index is 12.4. The number of hydrogen-bond acceptors (Lipinski definition) is 3. The quantitative estimate of drug-likeness (QED) is 0.886. The lowest BCUT2D eigenvalue weighted by atomic mass is 10.1. The standard InChI is InChI=1S/C15H23NO3/c1-15(2,3)19-13(12-8-6-5-7-9-12)14(18)16(4)10-11-17/h5-9,13,17H,10-11H2,1-4H3. The van der Waals surface area contributed by atoms with Gasteiger partial charge < -0.3 is 14.7 Å². The van der Waals surface area contributed by atoms with E-state index >= 15 is 0 Å².